The molecule has 68 heavy (non-hydrogen) atoms. The Labute approximate surface area is 398 Å². The summed E-state index contributed by atoms with van der Waals surface area (Å²) in [4.78, 5) is 13.2. The Balaban J connectivity index is 1.13. The summed E-state index contributed by atoms with van der Waals surface area (Å²) in [5.74, 6) is -0.599. The predicted molar refractivity (Wildman–Crippen MR) is 252 cm³/mol. The first kappa shape index (κ1) is 48.8. The van der Waals surface area contributed by atoms with Crippen LogP contribution in [0.1, 0.15) is 40.3 Å². The van der Waals surface area contributed by atoms with E-state index < -0.39 is 67.4 Å². The highest BCUT2D eigenvalue weighted by molar-refractivity contribution is 5.66. The Bertz CT molecular complexity index is 2330. The van der Waals surface area contributed by atoms with Crippen LogP contribution in [0.25, 0.3) is 0 Å². The van der Waals surface area contributed by atoms with Gasteiger partial charge < -0.3 is 52.5 Å². The molecule has 2 heterocycles. The number of ether oxygens (including phenoxy) is 10. The Morgan fingerprint density at radius 1 is 0.412 bits per heavy atom. The molecule has 12 heteroatoms. The first-order valence-corrected chi connectivity index (χ1v) is 23.1. The minimum absolute atomic E-state index is 0.0491. The number of esters is 1. The molecule has 0 spiro atoms. The minimum Gasteiger partial charge on any atom is -0.454 e. The zero-order chi connectivity index (χ0) is 46.8. The van der Waals surface area contributed by atoms with Crippen molar-refractivity contribution in [2.75, 3.05) is 13.2 Å². The van der Waals surface area contributed by atoms with Gasteiger partial charge in [0.15, 0.2) is 18.7 Å². The molecule has 12 nitrogen and oxygen atoms in total. The van der Waals surface area contributed by atoms with E-state index in [0.29, 0.717) is 13.2 Å². The van der Waals surface area contributed by atoms with E-state index in [4.69, 9.17) is 47.4 Å². The van der Waals surface area contributed by atoms with Gasteiger partial charge in [-0.15, -0.1) is 0 Å². The topological polar surface area (TPSA) is 130 Å². The van der Waals surface area contributed by atoms with Gasteiger partial charge >= 0.3 is 5.97 Å². The molecule has 0 unspecified atom stereocenters. The first-order valence-electron chi connectivity index (χ1n) is 23.1. The third-order valence-electron chi connectivity index (χ3n) is 11.7. The van der Waals surface area contributed by atoms with Crippen molar-refractivity contribution >= 4 is 5.97 Å². The van der Waals surface area contributed by atoms with Gasteiger partial charge in [0.1, 0.15) is 42.7 Å². The van der Waals surface area contributed by atoms with E-state index in [1.54, 1.807) is 0 Å². The zero-order valence-electron chi connectivity index (χ0n) is 38.2. The van der Waals surface area contributed by atoms with Crippen molar-refractivity contribution in [1.29, 1.82) is 0 Å². The van der Waals surface area contributed by atoms with Gasteiger partial charge in [-0.05, 0) is 33.4 Å². The van der Waals surface area contributed by atoms with Crippen LogP contribution >= 0.6 is 0 Å². The molecule has 2 aliphatic heterocycles. The SMILES string of the molecule is CC(=O)O[C@@H]1[C@@H](O[C@H]2[C@@H](OCc3ccccc3)[C@H](OCc3ccccc3)[C@@H](COCc3ccccc3)O[C@@H]2O)O[C@H](COCc2ccccc2)[C@@H](OCc2ccccc2)[C@@H]1OCc1ccccc1. The fourth-order valence-corrected chi connectivity index (χ4v) is 8.35. The molecule has 1 N–H and O–H groups in total. The van der Waals surface area contributed by atoms with Crippen LogP contribution < -0.4 is 0 Å². The summed E-state index contributed by atoms with van der Waals surface area (Å²) in [5, 5.41) is 12.2. The van der Waals surface area contributed by atoms with Gasteiger partial charge in [-0.1, -0.05) is 182 Å². The molecular formula is C56H60O12. The molecule has 356 valence electrons. The Hall–Kier alpha value is -5.61. The third-order valence-corrected chi connectivity index (χ3v) is 11.7. The van der Waals surface area contributed by atoms with E-state index in [1.165, 1.54) is 6.92 Å². The maximum atomic E-state index is 13.2. The van der Waals surface area contributed by atoms with Crippen LogP contribution in [0.15, 0.2) is 182 Å². The van der Waals surface area contributed by atoms with Crippen LogP contribution in [-0.4, -0.2) is 85.7 Å². The average molecular weight is 925 g/mol. The Kier molecular flexibility index (Phi) is 18.4. The van der Waals surface area contributed by atoms with Crippen LogP contribution in [0.2, 0.25) is 0 Å². The van der Waals surface area contributed by atoms with Crippen molar-refractivity contribution in [3.63, 3.8) is 0 Å². The van der Waals surface area contributed by atoms with Gasteiger partial charge in [0, 0.05) is 6.92 Å². The number of aliphatic hydroxyl groups excluding tert-OH is 1. The van der Waals surface area contributed by atoms with Crippen LogP contribution in [0.3, 0.4) is 0 Å². The summed E-state index contributed by atoms with van der Waals surface area (Å²) in [6.07, 6.45) is -10.6. The Morgan fingerprint density at radius 2 is 0.721 bits per heavy atom. The van der Waals surface area contributed by atoms with Gasteiger partial charge in [-0.2, -0.15) is 0 Å². The first-order chi connectivity index (χ1) is 33.5. The second-order valence-electron chi connectivity index (χ2n) is 16.8. The molecule has 8 rings (SSSR count). The third kappa shape index (κ3) is 14.2. The van der Waals surface area contributed by atoms with Crippen LogP contribution in [0, 0.1) is 0 Å². The second kappa shape index (κ2) is 25.7. The van der Waals surface area contributed by atoms with Crippen molar-refractivity contribution in [3.8, 4) is 0 Å². The lowest BCUT2D eigenvalue weighted by Gasteiger charge is -2.49. The summed E-state index contributed by atoms with van der Waals surface area (Å²) in [7, 11) is 0. The lowest BCUT2D eigenvalue weighted by molar-refractivity contribution is -0.375. The lowest BCUT2D eigenvalue weighted by Crippen LogP contribution is -2.66. The molecule has 0 saturated carbocycles. The van der Waals surface area contributed by atoms with Gasteiger partial charge in [0.25, 0.3) is 0 Å². The molecule has 2 saturated heterocycles. The molecule has 0 bridgehead atoms. The average Bonchev–Trinajstić information content (AvgIpc) is 3.37. The van der Waals surface area contributed by atoms with Crippen molar-refractivity contribution < 1.29 is 57.3 Å². The summed E-state index contributed by atoms with van der Waals surface area (Å²) < 4.78 is 66.0. The monoisotopic (exact) mass is 924 g/mol. The van der Waals surface area contributed by atoms with Crippen LogP contribution in [-0.2, 0) is 91.8 Å². The van der Waals surface area contributed by atoms with Gasteiger partial charge in [0.05, 0.1) is 52.9 Å². The molecule has 0 aliphatic carbocycles. The number of carbonyl (C=O) groups is 1. The van der Waals surface area contributed by atoms with Gasteiger partial charge in [-0.3, -0.25) is 4.79 Å². The highest BCUT2D eigenvalue weighted by Gasteiger charge is 2.55. The van der Waals surface area contributed by atoms with E-state index in [0.717, 1.165) is 33.4 Å². The number of rotatable bonds is 23. The highest BCUT2D eigenvalue weighted by Crippen LogP contribution is 2.36. The van der Waals surface area contributed by atoms with E-state index in [-0.39, 0.29) is 39.6 Å². The molecule has 6 aromatic carbocycles. The molecule has 6 aromatic rings. The van der Waals surface area contributed by atoms with Gasteiger partial charge in [-0.25, -0.2) is 0 Å². The molecule has 0 radical (unpaired) electrons. The predicted octanol–water partition coefficient (Wildman–Crippen LogP) is 8.52. The molecule has 2 fully saturated rings. The summed E-state index contributed by atoms with van der Waals surface area (Å²) in [5.41, 5.74) is 5.57. The summed E-state index contributed by atoms with van der Waals surface area (Å²) >= 11 is 0. The van der Waals surface area contributed by atoms with E-state index in [1.807, 2.05) is 182 Å². The molecular weight excluding hydrogens is 865 g/mol. The van der Waals surface area contributed by atoms with Crippen LogP contribution in [0.5, 0.6) is 0 Å². The maximum Gasteiger partial charge on any atom is 0.303 e. The summed E-state index contributed by atoms with van der Waals surface area (Å²) in [6, 6.07) is 58.6. The Morgan fingerprint density at radius 3 is 1.07 bits per heavy atom. The van der Waals surface area contributed by atoms with E-state index in [9.17, 15) is 9.90 Å². The number of hydrogen-bond acceptors (Lipinski definition) is 12. The van der Waals surface area contributed by atoms with E-state index >= 15 is 0 Å². The smallest absolute Gasteiger partial charge is 0.303 e. The quantitative estimate of drug-likeness (QED) is 0.0619. The molecule has 2 aliphatic rings. The van der Waals surface area contributed by atoms with Gasteiger partial charge in [0.2, 0.25) is 0 Å². The van der Waals surface area contributed by atoms with Crippen molar-refractivity contribution in [2.45, 2.75) is 108 Å². The van der Waals surface area contributed by atoms with Crippen molar-refractivity contribution in [1.82, 2.24) is 0 Å². The molecule has 10 atom stereocenters. The maximum absolute atomic E-state index is 13.2. The van der Waals surface area contributed by atoms with E-state index in [2.05, 4.69) is 0 Å². The van der Waals surface area contributed by atoms with Crippen LogP contribution in [0.4, 0.5) is 0 Å². The highest BCUT2D eigenvalue weighted by atomic mass is 16.8. The number of hydrogen-bond donors (Lipinski definition) is 1. The second-order valence-corrected chi connectivity index (χ2v) is 16.8. The molecule has 0 aromatic heterocycles. The fourth-order valence-electron chi connectivity index (χ4n) is 8.35. The summed E-state index contributed by atoms with van der Waals surface area (Å²) in [6.45, 7) is 2.73. The molecule has 0 amide bonds. The minimum atomic E-state index is -1.58. The lowest BCUT2D eigenvalue weighted by atomic mass is 9.96. The standard InChI is InChI=1S/C56H60O12/c1-40(57)65-54-52(64-37-46-30-18-7-19-31-46)50(62-35-44-26-14-5-15-27-44)48(39-60-33-42-22-10-3-11-23-42)67-56(54)68-53-51(63-36-45-28-16-6-17-29-45)49(61-34-43-24-12-4-13-25-43)47(66-55(53)58)38-59-32-41-20-8-2-9-21-41/h2-31,47-56,58H,32-39H2,1H3/t47-,48-,49-,50-,51+,52+,53+,54+,55+,56-/m1/s1. The van der Waals surface area contributed by atoms with Crippen molar-refractivity contribution in [3.05, 3.63) is 215 Å². The van der Waals surface area contributed by atoms with Crippen molar-refractivity contribution in [2.24, 2.45) is 0 Å². The number of aliphatic hydroxyl groups is 1. The fraction of sp³-hybridized carbons (Fsp3) is 0.339. The zero-order valence-corrected chi connectivity index (χ0v) is 38.2. The normalized spacial score (nSPS) is 24.9. The number of benzene rings is 6. The number of carbonyl (C=O) groups excluding carboxylic acids is 1. The largest absolute Gasteiger partial charge is 0.454 e.